The van der Waals surface area contributed by atoms with Crippen LogP contribution in [0, 0.1) is 6.92 Å². The van der Waals surface area contributed by atoms with Gasteiger partial charge in [-0.1, -0.05) is 53.6 Å². The van der Waals surface area contributed by atoms with Gasteiger partial charge in [0.2, 0.25) is 0 Å². The number of rotatable bonds is 4. The summed E-state index contributed by atoms with van der Waals surface area (Å²) in [5.41, 5.74) is 3.00. The average Bonchev–Trinajstić information content (AvgIpc) is 3.04. The summed E-state index contributed by atoms with van der Waals surface area (Å²) < 4.78 is 5.62. The quantitative estimate of drug-likeness (QED) is 0.746. The standard InChI is InChI=1S/C19H16ClNO2/c1-13-6-8-14(9-7-13)12-21-19(22)18-11-10-17(23-18)15-4-2-3-5-16(15)20/h2-11H,12H2,1H3,(H,21,22). The van der Waals surface area contributed by atoms with E-state index in [0.29, 0.717) is 17.3 Å². The maximum Gasteiger partial charge on any atom is 0.287 e. The van der Waals surface area contributed by atoms with Crippen molar-refractivity contribution < 1.29 is 9.21 Å². The second-order valence-corrected chi connectivity index (χ2v) is 5.72. The Morgan fingerprint density at radius 1 is 1.04 bits per heavy atom. The molecule has 1 heterocycles. The average molecular weight is 326 g/mol. The molecule has 4 heteroatoms. The lowest BCUT2D eigenvalue weighted by molar-refractivity contribution is 0.0924. The second-order valence-electron chi connectivity index (χ2n) is 5.31. The van der Waals surface area contributed by atoms with Gasteiger partial charge in [-0.25, -0.2) is 0 Å². The first-order valence-electron chi connectivity index (χ1n) is 7.32. The topological polar surface area (TPSA) is 42.2 Å². The third-order valence-corrected chi connectivity index (χ3v) is 3.87. The van der Waals surface area contributed by atoms with Crippen LogP contribution in [-0.2, 0) is 6.54 Å². The van der Waals surface area contributed by atoms with Crippen LogP contribution in [0.15, 0.2) is 65.1 Å². The van der Waals surface area contributed by atoms with Gasteiger partial charge in [-0.05, 0) is 36.8 Å². The van der Waals surface area contributed by atoms with Gasteiger partial charge >= 0.3 is 0 Å². The molecule has 116 valence electrons. The molecule has 1 aromatic heterocycles. The second kappa shape index (κ2) is 6.71. The Morgan fingerprint density at radius 3 is 2.52 bits per heavy atom. The minimum atomic E-state index is -0.246. The minimum Gasteiger partial charge on any atom is -0.451 e. The molecule has 3 rings (SSSR count). The molecular formula is C19H16ClNO2. The minimum absolute atomic E-state index is 0.246. The number of amides is 1. The number of hydrogen-bond acceptors (Lipinski definition) is 2. The van der Waals surface area contributed by atoms with E-state index in [1.54, 1.807) is 18.2 Å². The van der Waals surface area contributed by atoms with Crippen molar-refractivity contribution in [2.75, 3.05) is 0 Å². The molecule has 1 N–H and O–H groups in total. The predicted octanol–water partition coefficient (Wildman–Crippen LogP) is 4.84. The largest absolute Gasteiger partial charge is 0.451 e. The summed E-state index contributed by atoms with van der Waals surface area (Å²) in [7, 11) is 0. The smallest absolute Gasteiger partial charge is 0.287 e. The van der Waals surface area contributed by atoms with Crippen molar-refractivity contribution in [1.82, 2.24) is 5.32 Å². The number of furan rings is 1. The highest BCUT2D eigenvalue weighted by Crippen LogP contribution is 2.28. The van der Waals surface area contributed by atoms with Gasteiger partial charge in [0, 0.05) is 12.1 Å². The summed E-state index contributed by atoms with van der Waals surface area (Å²) >= 11 is 6.14. The molecule has 1 amide bonds. The lowest BCUT2D eigenvalue weighted by atomic mass is 10.1. The fraction of sp³-hybridized carbons (Fsp3) is 0.105. The zero-order valence-electron chi connectivity index (χ0n) is 12.7. The molecule has 0 bridgehead atoms. The number of benzene rings is 2. The Bertz CT molecular complexity index is 821. The molecule has 0 radical (unpaired) electrons. The molecule has 0 fully saturated rings. The van der Waals surface area contributed by atoms with Crippen molar-refractivity contribution in [2.45, 2.75) is 13.5 Å². The first kappa shape index (κ1) is 15.4. The third kappa shape index (κ3) is 3.63. The molecule has 0 aliphatic rings. The molecule has 3 aromatic rings. The maximum absolute atomic E-state index is 12.2. The normalized spacial score (nSPS) is 10.5. The van der Waals surface area contributed by atoms with Crippen LogP contribution in [-0.4, -0.2) is 5.91 Å². The van der Waals surface area contributed by atoms with E-state index < -0.39 is 0 Å². The molecule has 0 saturated carbocycles. The molecule has 0 spiro atoms. The highest BCUT2D eigenvalue weighted by atomic mass is 35.5. The summed E-state index contributed by atoms with van der Waals surface area (Å²) in [6.45, 7) is 2.49. The fourth-order valence-electron chi connectivity index (χ4n) is 2.24. The van der Waals surface area contributed by atoms with Crippen LogP contribution in [0.25, 0.3) is 11.3 Å². The number of halogens is 1. The Balaban J connectivity index is 1.69. The van der Waals surface area contributed by atoms with Gasteiger partial charge in [0.1, 0.15) is 5.76 Å². The summed E-state index contributed by atoms with van der Waals surface area (Å²) in [4.78, 5) is 12.2. The van der Waals surface area contributed by atoms with Crippen LogP contribution in [0.1, 0.15) is 21.7 Å². The first-order valence-corrected chi connectivity index (χ1v) is 7.70. The van der Waals surface area contributed by atoms with Gasteiger partial charge in [-0.3, -0.25) is 4.79 Å². The van der Waals surface area contributed by atoms with Gasteiger partial charge in [-0.2, -0.15) is 0 Å². The summed E-state index contributed by atoms with van der Waals surface area (Å²) in [5.74, 6) is 0.604. The van der Waals surface area contributed by atoms with Gasteiger partial charge in [0.15, 0.2) is 5.76 Å². The molecule has 0 aliphatic heterocycles. The van der Waals surface area contributed by atoms with E-state index in [9.17, 15) is 4.79 Å². The lowest BCUT2D eigenvalue weighted by Crippen LogP contribution is -2.22. The lowest BCUT2D eigenvalue weighted by Gasteiger charge is -2.04. The highest BCUT2D eigenvalue weighted by molar-refractivity contribution is 6.33. The number of hydrogen-bond donors (Lipinski definition) is 1. The van der Waals surface area contributed by atoms with E-state index in [1.807, 2.05) is 49.4 Å². The molecule has 0 aliphatic carbocycles. The van der Waals surface area contributed by atoms with E-state index >= 15 is 0 Å². The highest BCUT2D eigenvalue weighted by Gasteiger charge is 2.13. The summed E-state index contributed by atoms with van der Waals surface area (Å²) in [6.07, 6.45) is 0. The Morgan fingerprint density at radius 2 is 1.78 bits per heavy atom. The molecule has 0 unspecified atom stereocenters. The first-order chi connectivity index (χ1) is 11.1. The SMILES string of the molecule is Cc1ccc(CNC(=O)c2ccc(-c3ccccc3Cl)o2)cc1. The van der Waals surface area contributed by atoms with E-state index in [1.165, 1.54) is 5.56 Å². The third-order valence-electron chi connectivity index (χ3n) is 3.54. The van der Waals surface area contributed by atoms with E-state index in [-0.39, 0.29) is 11.7 Å². The van der Waals surface area contributed by atoms with Crippen LogP contribution >= 0.6 is 11.6 Å². The zero-order chi connectivity index (χ0) is 16.2. The van der Waals surface area contributed by atoms with Crippen molar-refractivity contribution in [3.8, 4) is 11.3 Å². The van der Waals surface area contributed by atoms with Crippen LogP contribution in [0.3, 0.4) is 0 Å². The zero-order valence-corrected chi connectivity index (χ0v) is 13.4. The molecule has 2 aromatic carbocycles. The molecule has 0 atom stereocenters. The number of carbonyl (C=O) groups is 1. The van der Waals surface area contributed by atoms with Gasteiger partial charge < -0.3 is 9.73 Å². The summed E-state index contributed by atoms with van der Waals surface area (Å²) in [5, 5.41) is 3.44. The number of carbonyl (C=O) groups excluding carboxylic acids is 1. The molecule has 0 saturated heterocycles. The van der Waals surface area contributed by atoms with Crippen molar-refractivity contribution in [3.05, 3.63) is 82.6 Å². The Labute approximate surface area is 139 Å². The molecule has 3 nitrogen and oxygen atoms in total. The van der Waals surface area contributed by atoms with E-state index in [2.05, 4.69) is 5.32 Å². The van der Waals surface area contributed by atoms with Crippen molar-refractivity contribution in [3.63, 3.8) is 0 Å². The predicted molar refractivity (Wildman–Crippen MR) is 91.5 cm³/mol. The van der Waals surface area contributed by atoms with Crippen molar-refractivity contribution in [2.24, 2.45) is 0 Å². The summed E-state index contributed by atoms with van der Waals surface area (Å²) in [6, 6.07) is 18.8. The molecule has 23 heavy (non-hydrogen) atoms. The monoisotopic (exact) mass is 325 g/mol. The van der Waals surface area contributed by atoms with Crippen molar-refractivity contribution in [1.29, 1.82) is 0 Å². The fourth-order valence-corrected chi connectivity index (χ4v) is 2.47. The van der Waals surface area contributed by atoms with E-state index in [0.717, 1.165) is 11.1 Å². The Kier molecular flexibility index (Phi) is 4.49. The molecular weight excluding hydrogens is 310 g/mol. The Hall–Kier alpha value is -2.52. The number of aryl methyl sites for hydroxylation is 1. The van der Waals surface area contributed by atoms with Crippen LogP contribution < -0.4 is 5.32 Å². The van der Waals surface area contributed by atoms with Crippen LogP contribution in [0.2, 0.25) is 5.02 Å². The van der Waals surface area contributed by atoms with Crippen molar-refractivity contribution >= 4 is 17.5 Å². The van der Waals surface area contributed by atoms with Gasteiger partial charge in [-0.15, -0.1) is 0 Å². The van der Waals surface area contributed by atoms with E-state index in [4.69, 9.17) is 16.0 Å². The van der Waals surface area contributed by atoms with Gasteiger partial charge in [0.05, 0.1) is 5.02 Å². The van der Waals surface area contributed by atoms with Gasteiger partial charge in [0.25, 0.3) is 5.91 Å². The van der Waals surface area contributed by atoms with Crippen LogP contribution in [0.4, 0.5) is 0 Å². The maximum atomic E-state index is 12.2. The van der Waals surface area contributed by atoms with Crippen LogP contribution in [0.5, 0.6) is 0 Å². The number of nitrogens with one attached hydrogen (secondary N) is 1.